The van der Waals surface area contributed by atoms with Gasteiger partial charge in [0.05, 0.1) is 24.4 Å². The lowest BCUT2D eigenvalue weighted by Gasteiger charge is -2.43. The largest absolute Gasteiger partial charge is 0.516 e. The highest BCUT2D eigenvalue weighted by Crippen LogP contribution is 2.47. The minimum Gasteiger partial charge on any atom is -0.496 e. The van der Waals surface area contributed by atoms with Crippen molar-refractivity contribution in [1.82, 2.24) is 4.98 Å². The van der Waals surface area contributed by atoms with Gasteiger partial charge >= 0.3 is 15.5 Å². The van der Waals surface area contributed by atoms with Gasteiger partial charge in [0, 0.05) is 27.6 Å². The summed E-state index contributed by atoms with van der Waals surface area (Å²) >= 11 is 6.09. The molecule has 0 bridgehead atoms. The fourth-order valence-electron chi connectivity index (χ4n) is 5.08. The van der Waals surface area contributed by atoms with Gasteiger partial charge in [-0.05, 0) is 80.4 Å². The van der Waals surface area contributed by atoms with Crippen LogP contribution in [0.2, 0.25) is 5.02 Å². The number of nitrogens with one attached hydrogen (secondary N) is 1. The van der Waals surface area contributed by atoms with Gasteiger partial charge < -0.3 is 19.3 Å². The van der Waals surface area contributed by atoms with Crippen LogP contribution < -0.4 is 18.9 Å². The first kappa shape index (κ1) is 30.7. The number of aliphatic hydroxyl groups excluding tert-OH is 1. The van der Waals surface area contributed by atoms with E-state index in [1.807, 2.05) is 18.2 Å². The van der Waals surface area contributed by atoms with Crippen molar-refractivity contribution < 1.29 is 40.9 Å². The molecule has 0 fully saturated rings. The Balaban J connectivity index is 1.38. The number of alkyl halides is 3. The minimum absolute atomic E-state index is 0.0903. The Morgan fingerprint density at radius 3 is 2.53 bits per heavy atom. The highest BCUT2D eigenvalue weighted by Gasteiger charge is 2.46. The number of aliphatic hydroxyl groups is 1. The van der Waals surface area contributed by atoms with Gasteiger partial charge in [-0.1, -0.05) is 23.7 Å². The van der Waals surface area contributed by atoms with Gasteiger partial charge in [-0.25, -0.2) is 4.98 Å². The van der Waals surface area contributed by atoms with Gasteiger partial charge in [-0.3, -0.25) is 4.72 Å². The molecule has 0 saturated carbocycles. The van der Waals surface area contributed by atoms with E-state index < -0.39 is 33.2 Å². The lowest BCUT2D eigenvalue weighted by atomic mass is 9.76. The minimum atomic E-state index is -5.63. The monoisotopic (exact) mass is 636 g/mol. The third kappa shape index (κ3) is 6.46. The van der Waals surface area contributed by atoms with Gasteiger partial charge in [0.1, 0.15) is 29.5 Å². The number of fused-ring (bicyclic) bond motifs is 2. The number of nitrogens with zero attached hydrogens (tertiary/aromatic N) is 1. The molecule has 8 nitrogen and oxygen atoms in total. The van der Waals surface area contributed by atoms with Gasteiger partial charge in [0.15, 0.2) is 0 Å². The van der Waals surface area contributed by atoms with E-state index in [1.165, 1.54) is 25.3 Å². The molecule has 5 rings (SSSR count). The van der Waals surface area contributed by atoms with Gasteiger partial charge in [-0.2, -0.15) is 21.6 Å². The quantitative estimate of drug-likeness (QED) is 0.219. The molecule has 2 unspecified atom stereocenters. The molecule has 13 heteroatoms. The number of aromatic nitrogens is 1. The van der Waals surface area contributed by atoms with Crippen LogP contribution in [0.25, 0.3) is 10.9 Å². The number of pyridine rings is 1. The Labute approximate surface area is 251 Å². The summed E-state index contributed by atoms with van der Waals surface area (Å²) in [5.41, 5.74) is -4.44. The van der Waals surface area contributed by atoms with E-state index in [0.29, 0.717) is 39.1 Å². The Morgan fingerprint density at radius 2 is 1.81 bits per heavy atom. The lowest BCUT2D eigenvalue weighted by Crippen LogP contribution is -2.45. The number of ether oxygens (including phenoxy) is 3. The lowest BCUT2D eigenvalue weighted by molar-refractivity contribution is -0.0537. The number of halogens is 4. The topological polar surface area (TPSA) is 107 Å². The third-order valence-corrected chi connectivity index (χ3v) is 8.67. The summed E-state index contributed by atoms with van der Waals surface area (Å²) in [6.07, 6.45) is -0.976. The zero-order chi connectivity index (χ0) is 31.2. The van der Waals surface area contributed by atoms with E-state index in [2.05, 4.69) is 4.98 Å². The molecule has 0 spiro atoms. The Kier molecular flexibility index (Phi) is 8.14. The maximum Gasteiger partial charge on any atom is 0.516 e. The van der Waals surface area contributed by atoms with Crippen LogP contribution in [0.1, 0.15) is 36.8 Å². The molecule has 4 aromatic rings. The average Bonchev–Trinajstić information content (AvgIpc) is 2.93. The summed E-state index contributed by atoms with van der Waals surface area (Å²) in [6, 6.07) is 18.1. The van der Waals surface area contributed by atoms with Crippen molar-refractivity contribution in [2.75, 3.05) is 11.8 Å². The van der Waals surface area contributed by atoms with Crippen LogP contribution in [0.15, 0.2) is 66.7 Å². The fourth-order valence-corrected chi connectivity index (χ4v) is 5.79. The fraction of sp³-hybridized carbons (Fsp3) is 0.300. The smallest absolute Gasteiger partial charge is 0.496 e. The van der Waals surface area contributed by atoms with E-state index in [9.17, 15) is 26.7 Å². The van der Waals surface area contributed by atoms with Crippen molar-refractivity contribution in [3.8, 4) is 17.2 Å². The molecule has 1 aliphatic heterocycles. The summed E-state index contributed by atoms with van der Waals surface area (Å²) in [5, 5.41) is 13.1. The number of rotatable bonds is 8. The molecule has 2 atom stereocenters. The first-order valence-corrected chi connectivity index (χ1v) is 15.0. The maximum absolute atomic E-state index is 12.9. The van der Waals surface area contributed by atoms with Crippen LogP contribution in [-0.4, -0.2) is 36.7 Å². The highest BCUT2D eigenvalue weighted by molar-refractivity contribution is 7.93. The van der Waals surface area contributed by atoms with Crippen molar-refractivity contribution in [3.05, 3.63) is 88.6 Å². The van der Waals surface area contributed by atoms with E-state index >= 15 is 0 Å². The van der Waals surface area contributed by atoms with Crippen LogP contribution in [0, 0.1) is 5.92 Å². The standard InChI is InChI=1S/C30H28ClF3N2O6S/c1-29(2)24(13-18-12-20(8-10-26(18)40-3)36-43(38,39)30(32,33)34)28(37)23-15-22(9-11-27(23)42-29)41-16-21-7-5-17-4-6-19(31)14-25(17)35-21/h4-12,14-15,24,28,36-37H,13,16H2,1-3H3. The predicted molar refractivity (Wildman–Crippen MR) is 156 cm³/mol. The van der Waals surface area contributed by atoms with Crippen LogP contribution in [0.4, 0.5) is 18.9 Å². The molecule has 0 radical (unpaired) electrons. The Hall–Kier alpha value is -3.74. The highest BCUT2D eigenvalue weighted by atomic mass is 35.5. The molecule has 43 heavy (non-hydrogen) atoms. The van der Waals surface area contributed by atoms with Crippen molar-refractivity contribution in [1.29, 1.82) is 0 Å². The maximum atomic E-state index is 12.9. The van der Waals surface area contributed by atoms with Crippen LogP contribution in [0.5, 0.6) is 17.2 Å². The van der Waals surface area contributed by atoms with E-state index in [1.54, 1.807) is 48.9 Å². The second-order valence-corrected chi connectivity index (χ2v) is 12.8. The number of anilines is 1. The summed E-state index contributed by atoms with van der Waals surface area (Å²) in [5.74, 6) is 0.628. The number of methoxy groups -OCH3 is 1. The van der Waals surface area contributed by atoms with Crippen LogP contribution in [-0.2, 0) is 23.1 Å². The summed E-state index contributed by atoms with van der Waals surface area (Å²) in [6.45, 7) is 3.73. The number of hydrogen-bond acceptors (Lipinski definition) is 7. The molecule has 3 aromatic carbocycles. The second kappa shape index (κ2) is 11.4. The number of sulfonamides is 1. The Morgan fingerprint density at radius 1 is 1.07 bits per heavy atom. The van der Waals surface area contributed by atoms with Crippen molar-refractivity contribution in [2.24, 2.45) is 5.92 Å². The van der Waals surface area contributed by atoms with Crippen LogP contribution >= 0.6 is 11.6 Å². The molecule has 0 amide bonds. The zero-order valence-corrected chi connectivity index (χ0v) is 24.8. The molecule has 1 aromatic heterocycles. The van der Waals surface area contributed by atoms with Crippen molar-refractivity contribution in [2.45, 2.75) is 44.1 Å². The Bertz CT molecular complexity index is 1780. The molecule has 0 aliphatic carbocycles. The molecular weight excluding hydrogens is 609 g/mol. The van der Waals surface area contributed by atoms with E-state index in [4.69, 9.17) is 25.8 Å². The molecule has 2 N–H and O–H groups in total. The third-order valence-electron chi connectivity index (χ3n) is 7.32. The molecule has 228 valence electrons. The summed E-state index contributed by atoms with van der Waals surface area (Å²) in [7, 11) is -4.24. The van der Waals surface area contributed by atoms with Gasteiger partial charge in [0.2, 0.25) is 0 Å². The molecular formula is C30H28ClF3N2O6S. The molecule has 2 heterocycles. The zero-order valence-electron chi connectivity index (χ0n) is 23.3. The first-order valence-electron chi connectivity index (χ1n) is 13.1. The van der Waals surface area contributed by atoms with Crippen molar-refractivity contribution >= 4 is 38.2 Å². The first-order chi connectivity index (χ1) is 20.2. The summed E-state index contributed by atoms with van der Waals surface area (Å²) < 4.78 is 81.3. The van der Waals surface area contributed by atoms with E-state index in [0.717, 1.165) is 10.9 Å². The van der Waals surface area contributed by atoms with Crippen LogP contribution in [0.3, 0.4) is 0 Å². The van der Waals surface area contributed by atoms with Crippen molar-refractivity contribution in [3.63, 3.8) is 0 Å². The summed E-state index contributed by atoms with van der Waals surface area (Å²) in [4.78, 5) is 4.59. The SMILES string of the molecule is COc1ccc(NS(=O)(=O)C(F)(F)F)cc1CC1C(O)c2cc(OCc3ccc4ccc(Cl)cc4n3)ccc2OC1(C)C. The average molecular weight is 637 g/mol. The number of benzene rings is 3. The normalized spacial score (nSPS) is 18.0. The van der Waals surface area contributed by atoms with E-state index in [-0.39, 0.29) is 18.7 Å². The van der Waals surface area contributed by atoms with Gasteiger partial charge in [-0.15, -0.1) is 0 Å². The van der Waals surface area contributed by atoms with Gasteiger partial charge in [0.25, 0.3) is 0 Å². The molecule has 1 aliphatic rings. The predicted octanol–water partition coefficient (Wildman–Crippen LogP) is 6.80. The number of hydrogen-bond donors (Lipinski definition) is 2. The molecule has 0 saturated heterocycles. The second-order valence-electron chi connectivity index (χ2n) is 10.7.